The van der Waals surface area contributed by atoms with E-state index in [1.165, 1.54) is 18.2 Å². The van der Waals surface area contributed by atoms with Crippen LogP contribution >= 0.6 is 11.6 Å². The number of aromatic carboxylic acids is 1. The molecule has 66 valence electrons. The fraction of sp³-hybridized carbons (Fsp3) is 0. The van der Waals surface area contributed by atoms with Crippen LogP contribution in [0.1, 0.15) is 10.4 Å². The average Bonchev–Trinajstić information content (AvgIpc) is 2.04. The van der Waals surface area contributed by atoms with Crippen molar-refractivity contribution >= 4 is 23.3 Å². The van der Waals surface area contributed by atoms with Crippen LogP contribution in [0.2, 0.25) is 5.02 Å². The van der Waals surface area contributed by atoms with E-state index >= 15 is 0 Å². The van der Waals surface area contributed by atoms with Crippen molar-refractivity contribution in [2.45, 2.75) is 0 Å². The van der Waals surface area contributed by atoms with E-state index in [2.05, 4.69) is 10.0 Å². The number of nitrogens with zero attached hydrogens (tertiary/aromatic N) is 3. The maximum Gasteiger partial charge on any atom is 0.336 e. The quantitative estimate of drug-likeness (QED) is 0.449. The number of benzene rings is 1. The van der Waals surface area contributed by atoms with E-state index < -0.39 is 5.97 Å². The highest BCUT2D eigenvalue weighted by Crippen LogP contribution is 2.23. The Kier molecular flexibility index (Phi) is 2.74. The molecular weight excluding hydrogens is 194 g/mol. The van der Waals surface area contributed by atoms with Crippen LogP contribution in [-0.4, -0.2) is 11.1 Å². The van der Waals surface area contributed by atoms with Crippen LogP contribution in [0.4, 0.5) is 5.69 Å². The second-order valence-electron chi connectivity index (χ2n) is 2.16. The smallest absolute Gasteiger partial charge is 0.336 e. The van der Waals surface area contributed by atoms with E-state index in [0.717, 1.165) is 0 Å². The molecule has 0 fully saturated rings. The molecule has 0 unspecified atom stereocenters. The van der Waals surface area contributed by atoms with Crippen molar-refractivity contribution in [3.05, 3.63) is 39.2 Å². The van der Waals surface area contributed by atoms with Crippen molar-refractivity contribution in [3.63, 3.8) is 0 Å². The Bertz CT molecular complexity index is 399. The second-order valence-corrected chi connectivity index (χ2v) is 2.59. The summed E-state index contributed by atoms with van der Waals surface area (Å²) >= 11 is 5.58. The number of rotatable bonds is 2. The van der Waals surface area contributed by atoms with Gasteiger partial charge in [0.15, 0.2) is 0 Å². The molecular formula is C7H4ClN3O2. The van der Waals surface area contributed by atoms with Gasteiger partial charge in [0.05, 0.1) is 11.3 Å². The van der Waals surface area contributed by atoms with Gasteiger partial charge in [-0.15, -0.1) is 0 Å². The minimum atomic E-state index is -1.15. The largest absolute Gasteiger partial charge is 0.478 e. The van der Waals surface area contributed by atoms with Gasteiger partial charge in [0, 0.05) is 9.93 Å². The van der Waals surface area contributed by atoms with Crippen LogP contribution in [0.15, 0.2) is 23.3 Å². The highest BCUT2D eigenvalue weighted by molar-refractivity contribution is 6.31. The lowest BCUT2D eigenvalue weighted by Crippen LogP contribution is -1.95. The molecule has 0 radical (unpaired) electrons. The number of carbonyl (C=O) groups is 1. The summed E-state index contributed by atoms with van der Waals surface area (Å²) in [5.41, 5.74) is 8.09. The first-order valence-electron chi connectivity index (χ1n) is 3.23. The predicted octanol–water partition coefficient (Wildman–Crippen LogP) is 2.98. The zero-order valence-electron chi connectivity index (χ0n) is 6.31. The predicted molar refractivity (Wildman–Crippen MR) is 47.2 cm³/mol. The molecule has 0 saturated carbocycles. The number of azide groups is 1. The third kappa shape index (κ3) is 2.11. The SMILES string of the molecule is [N-]=[N+]=Nc1cc(Cl)ccc1C(=O)O. The first-order valence-corrected chi connectivity index (χ1v) is 3.61. The molecule has 0 spiro atoms. The molecule has 1 N–H and O–H groups in total. The molecule has 5 nitrogen and oxygen atoms in total. The second kappa shape index (κ2) is 3.80. The van der Waals surface area contributed by atoms with Gasteiger partial charge in [-0.3, -0.25) is 0 Å². The van der Waals surface area contributed by atoms with Gasteiger partial charge in [-0.2, -0.15) is 0 Å². The molecule has 0 aliphatic rings. The van der Waals surface area contributed by atoms with Crippen molar-refractivity contribution in [2.75, 3.05) is 0 Å². The first kappa shape index (κ1) is 9.38. The van der Waals surface area contributed by atoms with Crippen LogP contribution < -0.4 is 0 Å². The Labute approximate surface area is 78.2 Å². The third-order valence-corrected chi connectivity index (χ3v) is 1.58. The van der Waals surface area contributed by atoms with Crippen LogP contribution in [0.3, 0.4) is 0 Å². The highest BCUT2D eigenvalue weighted by atomic mass is 35.5. The number of hydrogen-bond donors (Lipinski definition) is 1. The maximum atomic E-state index is 10.6. The van der Waals surface area contributed by atoms with Gasteiger partial charge in [-0.1, -0.05) is 16.7 Å². The zero-order valence-corrected chi connectivity index (χ0v) is 7.06. The van der Waals surface area contributed by atoms with Crippen molar-refractivity contribution in [2.24, 2.45) is 5.11 Å². The van der Waals surface area contributed by atoms with E-state index in [1.54, 1.807) is 0 Å². The van der Waals surface area contributed by atoms with Crippen LogP contribution in [0.5, 0.6) is 0 Å². The lowest BCUT2D eigenvalue weighted by atomic mass is 10.2. The number of carboxylic acids is 1. The fourth-order valence-electron chi connectivity index (χ4n) is 0.817. The van der Waals surface area contributed by atoms with Gasteiger partial charge in [0.25, 0.3) is 0 Å². The zero-order chi connectivity index (χ0) is 9.84. The number of halogens is 1. The van der Waals surface area contributed by atoms with Gasteiger partial charge < -0.3 is 5.11 Å². The highest BCUT2D eigenvalue weighted by Gasteiger charge is 2.08. The van der Waals surface area contributed by atoms with Gasteiger partial charge >= 0.3 is 5.97 Å². The molecule has 0 saturated heterocycles. The minimum absolute atomic E-state index is 0.0162. The number of hydrogen-bond acceptors (Lipinski definition) is 2. The molecule has 0 aliphatic heterocycles. The summed E-state index contributed by atoms with van der Waals surface area (Å²) in [6, 6.07) is 4.00. The number of carboxylic acid groups (broad SMARTS) is 1. The average molecular weight is 198 g/mol. The lowest BCUT2D eigenvalue weighted by Gasteiger charge is -1.98. The summed E-state index contributed by atoms with van der Waals surface area (Å²) in [5.74, 6) is -1.15. The summed E-state index contributed by atoms with van der Waals surface area (Å²) < 4.78 is 0. The van der Waals surface area contributed by atoms with Crippen LogP contribution in [0, 0.1) is 0 Å². The molecule has 13 heavy (non-hydrogen) atoms. The molecule has 0 aromatic heterocycles. The lowest BCUT2D eigenvalue weighted by molar-refractivity contribution is 0.0698. The van der Waals surface area contributed by atoms with E-state index in [4.69, 9.17) is 22.2 Å². The van der Waals surface area contributed by atoms with Crippen LogP contribution in [-0.2, 0) is 0 Å². The topological polar surface area (TPSA) is 86.1 Å². The van der Waals surface area contributed by atoms with E-state index in [-0.39, 0.29) is 11.3 Å². The molecule has 0 atom stereocenters. The molecule has 0 amide bonds. The van der Waals surface area contributed by atoms with Crippen molar-refractivity contribution in [1.29, 1.82) is 0 Å². The standard InChI is InChI=1S/C7H4ClN3O2/c8-4-1-2-5(7(12)13)6(3-4)10-11-9/h1-3H,(H,12,13). The van der Waals surface area contributed by atoms with Gasteiger partial charge in [0.1, 0.15) is 0 Å². The maximum absolute atomic E-state index is 10.6. The molecule has 6 heteroatoms. The normalized spacial score (nSPS) is 9.00. The molecule has 1 aromatic carbocycles. The van der Waals surface area contributed by atoms with E-state index in [0.29, 0.717) is 5.02 Å². The Morgan fingerprint density at radius 1 is 1.62 bits per heavy atom. The molecule has 1 rings (SSSR count). The van der Waals surface area contributed by atoms with Crippen molar-refractivity contribution < 1.29 is 9.90 Å². The minimum Gasteiger partial charge on any atom is -0.478 e. The Hall–Kier alpha value is -1.71. The summed E-state index contributed by atoms with van der Waals surface area (Å²) in [6.07, 6.45) is 0. The fourth-order valence-corrected chi connectivity index (χ4v) is 0.983. The van der Waals surface area contributed by atoms with Gasteiger partial charge in [-0.05, 0) is 23.7 Å². The van der Waals surface area contributed by atoms with Gasteiger partial charge in [0.2, 0.25) is 0 Å². The third-order valence-electron chi connectivity index (χ3n) is 1.34. The Morgan fingerprint density at radius 3 is 2.85 bits per heavy atom. The summed E-state index contributed by atoms with van der Waals surface area (Å²) in [4.78, 5) is 13.1. The van der Waals surface area contributed by atoms with Crippen LogP contribution in [0.25, 0.3) is 10.4 Å². The Morgan fingerprint density at radius 2 is 2.31 bits per heavy atom. The van der Waals surface area contributed by atoms with Gasteiger partial charge in [-0.25, -0.2) is 4.79 Å². The van der Waals surface area contributed by atoms with Crippen molar-refractivity contribution in [3.8, 4) is 0 Å². The molecule has 0 heterocycles. The summed E-state index contributed by atoms with van der Waals surface area (Å²) in [6.45, 7) is 0. The van der Waals surface area contributed by atoms with Crippen molar-refractivity contribution in [1.82, 2.24) is 0 Å². The summed E-state index contributed by atoms with van der Waals surface area (Å²) in [7, 11) is 0. The Balaban J connectivity index is 3.34. The van der Waals surface area contributed by atoms with E-state index in [1.807, 2.05) is 0 Å². The monoisotopic (exact) mass is 197 g/mol. The molecule has 0 bridgehead atoms. The van der Waals surface area contributed by atoms with E-state index in [9.17, 15) is 4.79 Å². The molecule has 0 aliphatic carbocycles. The summed E-state index contributed by atoms with van der Waals surface area (Å²) in [5, 5.41) is 12.2. The molecule has 1 aromatic rings. The first-order chi connectivity index (χ1) is 6.15.